The number of hydrogen-bond donors (Lipinski definition) is 3. The highest BCUT2D eigenvalue weighted by Gasteiger charge is 2.15. The van der Waals surface area contributed by atoms with Gasteiger partial charge in [0.2, 0.25) is 10.0 Å². The van der Waals surface area contributed by atoms with Crippen LogP contribution in [0, 0.1) is 13.8 Å². The fraction of sp³-hybridized carbons (Fsp3) is 0.333. The van der Waals surface area contributed by atoms with Gasteiger partial charge < -0.3 is 11.1 Å². The van der Waals surface area contributed by atoms with Crippen LogP contribution in [0.3, 0.4) is 0 Å². The van der Waals surface area contributed by atoms with E-state index in [0.29, 0.717) is 17.0 Å². The highest BCUT2D eigenvalue weighted by atomic mass is 127. The van der Waals surface area contributed by atoms with Crippen LogP contribution in [0.1, 0.15) is 16.8 Å². The topological polar surface area (TPSA) is 109 Å². The van der Waals surface area contributed by atoms with Gasteiger partial charge in [0.1, 0.15) is 0 Å². The number of guanidine groups is 1. The first kappa shape index (κ1) is 23.3. The summed E-state index contributed by atoms with van der Waals surface area (Å²) < 4.78 is 27.3. The van der Waals surface area contributed by atoms with Crippen molar-refractivity contribution in [3.05, 3.63) is 59.4 Å². The third-order valence-electron chi connectivity index (χ3n) is 3.73. The molecule has 1 heterocycles. The van der Waals surface area contributed by atoms with E-state index >= 15 is 0 Å². The van der Waals surface area contributed by atoms with E-state index in [1.165, 1.54) is 0 Å². The molecule has 4 N–H and O–H groups in total. The Hall–Kier alpha value is -1.72. The van der Waals surface area contributed by atoms with Crippen LogP contribution in [0.2, 0.25) is 0 Å². The molecule has 9 heteroatoms. The number of hydrogen-bond acceptors (Lipinski definition) is 4. The SMILES string of the molecule is Cc1ccc(C)c(S(=O)(=O)NCCN=C(N)NCCc2ccccn2)c1.I. The minimum Gasteiger partial charge on any atom is -0.370 e. The van der Waals surface area contributed by atoms with Gasteiger partial charge in [-0.15, -0.1) is 24.0 Å². The Kier molecular flexibility index (Phi) is 9.67. The number of halogens is 1. The van der Waals surface area contributed by atoms with Gasteiger partial charge in [0, 0.05) is 31.4 Å². The summed E-state index contributed by atoms with van der Waals surface area (Å²) in [5.41, 5.74) is 8.36. The molecule has 1 aromatic carbocycles. The number of aromatic nitrogens is 1. The Balaban J connectivity index is 0.00000364. The second kappa shape index (κ2) is 11.2. The summed E-state index contributed by atoms with van der Waals surface area (Å²) in [6, 6.07) is 11.1. The molecular formula is C18H26IN5O2S. The van der Waals surface area contributed by atoms with E-state index in [9.17, 15) is 8.42 Å². The van der Waals surface area contributed by atoms with E-state index in [1.54, 1.807) is 25.3 Å². The van der Waals surface area contributed by atoms with E-state index < -0.39 is 10.0 Å². The van der Waals surface area contributed by atoms with Crippen molar-refractivity contribution in [2.24, 2.45) is 10.7 Å². The lowest BCUT2D eigenvalue weighted by Gasteiger charge is -2.10. The predicted octanol–water partition coefficient (Wildman–Crippen LogP) is 1.74. The second-order valence-electron chi connectivity index (χ2n) is 5.93. The largest absolute Gasteiger partial charge is 0.370 e. The minimum absolute atomic E-state index is 0. The maximum atomic E-state index is 12.4. The molecule has 0 aliphatic carbocycles. The monoisotopic (exact) mass is 503 g/mol. The first-order valence-corrected chi connectivity index (χ1v) is 9.87. The van der Waals surface area contributed by atoms with Crippen molar-refractivity contribution in [3.63, 3.8) is 0 Å². The van der Waals surface area contributed by atoms with Gasteiger partial charge in [-0.25, -0.2) is 13.1 Å². The molecule has 0 saturated carbocycles. The highest BCUT2D eigenvalue weighted by molar-refractivity contribution is 14.0. The molecule has 0 aliphatic heterocycles. The normalized spacial score (nSPS) is 11.7. The summed E-state index contributed by atoms with van der Waals surface area (Å²) in [6.45, 7) is 4.68. The number of aryl methyl sites for hydroxylation is 2. The lowest BCUT2D eigenvalue weighted by atomic mass is 10.2. The Labute approximate surface area is 178 Å². The molecule has 0 spiro atoms. The molecule has 0 amide bonds. The zero-order chi connectivity index (χ0) is 19.0. The Morgan fingerprint density at radius 3 is 2.67 bits per heavy atom. The van der Waals surface area contributed by atoms with Crippen LogP contribution >= 0.6 is 24.0 Å². The number of pyridine rings is 1. The van der Waals surface area contributed by atoms with Gasteiger partial charge in [-0.05, 0) is 43.2 Å². The van der Waals surface area contributed by atoms with Crippen LogP contribution in [-0.4, -0.2) is 39.0 Å². The van der Waals surface area contributed by atoms with Crippen molar-refractivity contribution < 1.29 is 8.42 Å². The average molecular weight is 503 g/mol. The van der Waals surface area contributed by atoms with Gasteiger partial charge in [0.15, 0.2) is 5.96 Å². The van der Waals surface area contributed by atoms with Crippen LogP contribution in [0.4, 0.5) is 0 Å². The molecular weight excluding hydrogens is 477 g/mol. The molecule has 0 saturated heterocycles. The molecule has 0 unspecified atom stereocenters. The first-order chi connectivity index (χ1) is 12.4. The lowest BCUT2D eigenvalue weighted by molar-refractivity contribution is 0.581. The maximum Gasteiger partial charge on any atom is 0.240 e. The summed E-state index contributed by atoms with van der Waals surface area (Å²) in [7, 11) is -3.55. The fourth-order valence-electron chi connectivity index (χ4n) is 2.35. The molecule has 2 aromatic rings. The van der Waals surface area contributed by atoms with Crippen LogP contribution < -0.4 is 15.8 Å². The van der Waals surface area contributed by atoms with Crippen molar-refractivity contribution in [3.8, 4) is 0 Å². The van der Waals surface area contributed by atoms with E-state index in [2.05, 4.69) is 20.0 Å². The summed E-state index contributed by atoms with van der Waals surface area (Å²) in [5.74, 6) is 0.284. The number of sulfonamides is 1. The standard InChI is InChI=1S/C18H25N5O2S.HI/c1-14-6-7-15(2)17(13-14)26(24,25)23-12-11-22-18(19)21-10-8-16-5-3-4-9-20-16;/h3-7,9,13,23H,8,10-12H2,1-2H3,(H3,19,21,22);1H. The average Bonchev–Trinajstić information content (AvgIpc) is 2.62. The number of nitrogens with one attached hydrogen (secondary N) is 2. The third-order valence-corrected chi connectivity index (χ3v) is 5.34. The summed E-state index contributed by atoms with van der Waals surface area (Å²) in [5, 5.41) is 2.99. The molecule has 0 radical (unpaired) electrons. The minimum atomic E-state index is -3.55. The van der Waals surface area contributed by atoms with E-state index in [-0.39, 0.29) is 43.0 Å². The molecule has 7 nitrogen and oxygen atoms in total. The molecule has 0 atom stereocenters. The van der Waals surface area contributed by atoms with Crippen molar-refractivity contribution in [1.29, 1.82) is 0 Å². The predicted molar refractivity (Wildman–Crippen MR) is 119 cm³/mol. The summed E-state index contributed by atoms with van der Waals surface area (Å²) >= 11 is 0. The number of nitrogens with two attached hydrogens (primary N) is 1. The molecule has 0 bridgehead atoms. The Bertz CT molecular complexity index is 857. The van der Waals surface area contributed by atoms with Crippen molar-refractivity contribution in [2.45, 2.75) is 25.2 Å². The van der Waals surface area contributed by atoms with Crippen molar-refractivity contribution in [1.82, 2.24) is 15.0 Å². The molecule has 148 valence electrons. The highest BCUT2D eigenvalue weighted by Crippen LogP contribution is 2.16. The van der Waals surface area contributed by atoms with Gasteiger partial charge in [-0.2, -0.15) is 0 Å². The van der Waals surface area contributed by atoms with Crippen molar-refractivity contribution >= 4 is 40.0 Å². The van der Waals surface area contributed by atoms with Gasteiger partial charge in [-0.1, -0.05) is 18.2 Å². The Morgan fingerprint density at radius 1 is 1.19 bits per heavy atom. The van der Waals surface area contributed by atoms with Gasteiger partial charge in [-0.3, -0.25) is 9.98 Å². The number of aliphatic imine (C=N–C) groups is 1. The van der Waals surface area contributed by atoms with E-state index in [1.807, 2.05) is 31.2 Å². The summed E-state index contributed by atoms with van der Waals surface area (Å²) in [6.07, 6.45) is 2.48. The first-order valence-electron chi connectivity index (χ1n) is 8.39. The smallest absolute Gasteiger partial charge is 0.240 e. The van der Waals surface area contributed by atoms with E-state index in [0.717, 1.165) is 17.7 Å². The zero-order valence-electron chi connectivity index (χ0n) is 15.5. The number of benzene rings is 1. The number of rotatable bonds is 8. The maximum absolute atomic E-state index is 12.4. The van der Waals surface area contributed by atoms with Crippen LogP contribution in [0.5, 0.6) is 0 Å². The van der Waals surface area contributed by atoms with E-state index in [4.69, 9.17) is 5.73 Å². The molecule has 0 aliphatic rings. The second-order valence-corrected chi connectivity index (χ2v) is 7.67. The van der Waals surface area contributed by atoms with Gasteiger partial charge in [0.25, 0.3) is 0 Å². The Morgan fingerprint density at radius 2 is 1.96 bits per heavy atom. The molecule has 1 aromatic heterocycles. The lowest BCUT2D eigenvalue weighted by Crippen LogP contribution is -2.34. The number of nitrogens with zero attached hydrogens (tertiary/aromatic N) is 2. The molecule has 2 rings (SSSR count). The summed E-state index contributed by atoms with van der Waals surface area (Å²) in [4.78, 5) is 8.65. The fourth-order valence-corrected chi connectivity index (χ4v) is 3.70. The quantitative estimate of drug-likeness (QED) is 0.220. The van der Waals surface area contributed by atoms with Gasteiger partial charge in [0.05, 0.1) is 11.4 Å². The van der Waals surface area contributed by atoms with Crippen LogP contribution in [0.15, 0.2) is 52.5 Å². The van der Waals surface area contributed by atoms with Crippen LogP contribution in [0.25, 0.3) is 0 Å². The molecule has 27 heavy (non-hydrogen) atoms. The zero-order valence-corrected chi connectivity index (χ0v) is 18.6. The van der Waals surface area contributed by atoms with Gasteiger partial charge >= 0.3 is 0 Å². The third kappa shape index (κ3) is 7.81. The van der Waals surface area contributed by atoms with Crippen molar-refractivity contribution in [2.75, 3.05) is 19.6 Å². The molecule has 0 fully saturated rings. The van der Waals surface area contributed by atoms with Crippen LogP contribution in [-0.2, 0) is 16.4 Å².